The second-order valence-electron chi connectivity index (χ2n) is 4.64. The average Bonchev–Trinajstić information content (AvgIpc) is 2.80. The monoisotopic (exact) mass is 253 g/mol. The zero-order valence-corrected chi connectivity index (χ0v) is 11.0. The predicted octanol–water partition coefficient (Wildman–Crippen LogP) is -1.33. The van der Waals surface area contributed by atoms with Crippen LogP contribution in [0.2, 0.25) is 0 Å². The number of hydrogen-bond acceptors (Lipinski definition) is 5. The Bertz CT molecular complexity index is 547. The summed E-state index contributed by atoms with van der Waals surface area (Å²) in [5, 5.41) is 7.24. The topological polar surface area (TPSA) is 72.2 Å². The fourth-order valence-corrected chi connectivity index (χ4v) is 2.42. The number of likely N-dealkylation sites (N-methyl/N-ethyl adjacent to an activating group) is 1. The van der Waals surface area contributed by atoms with Crippen LogP contribution < -0.4 is 21.5 Å². The van der Waals surface area contributed by atoms with E-state index in [0.717, 1.165) is 30.5 Å². The Balaban J connectivity index is 2.45. The molecule has 100 valence electrons. The summed E-state index contributed by atoms with van der Waals surface area (Å²) in [6.45, 7) is 1.63. The molecule has 1 atom stereocenters. The summed E-state index contributed by atoms with van der Waals surface area (Å²) in [5.41, 5.74) is -0.714. The van der Waals surface area contributed by atoms with Gasteiger partial charge in [0, 0.05) is 33.2 Å². The minimum Gasteiger partial charge on any atom is -0.346 e. The van der Waals surface area contributed by atoms with Gasteiger partial charge in [0.1, 0.15) is 0 Å². The Morgan fingerprint density at radius 3 is 2.78 bits per heavy atom. The molecule has 7 heteroatoms. The van der Waals surface area contributed by atoms with E-state index in [4.69, 9.17) is 0 Å². The Kier molecular flexibility index (Phi) is 3.51. The first-order chi connectivity index (χ1) is 8.56. The molecule has 0 aliphatic carbocycles. The molecule has 2 rings (SSSR count). The van der Waals surface area contributed by atoms with Gasteiger partial charge in [-0.2, -0.15) is 0 Å². The van der Waals surface area contributed by atoms with Gasteiger partial charge in [-0.25, -0.2) is 9.48 Å². The standard InChI is InChI=1S/C11H19N5O2/c1-12-7-8-5-4-6-16(8)9-10(17)14(2)11(18)15(3)13-9/h8,12H,4-7H2,1-3H3. The van der Waals surface area contributed by atoms with Crippen LogP contribution in [0.5, 0.6) is 0 Å². The van der Waals surface area contributed by atoms with Gasteiger partial charge in [0.25, 0.3) is 5.56 Å². The van der Waals surface area contributed by atoms with Gasteiger partial charge in [0.2, 0.25) is 5.82 Å². The van der Waals surface area contributed by atoms with Crippen LogP contribution in [0.15, 0.2) is 9.59 Å². The largest absolute Gasteiger partial charge is 0.346 e. The predicted molar refractivity (Wildman–Crippen MR) is 69.0 cm³/mol. The molecule has 2 heterocycles. The molecule has 7 nitrogen and oxygen atoms in total. The van der Waals surface area contributed by atoms with E-state index in [9.17, 15) is 9.59 Å². The van der Waals surface area contributed by atoms with Gasteiger partial charge in [-0.3, -0.25) is 9.36 Å². The molecule has 18 heavy (non-hydrogen) atoms. The first kappa shape index (κ1) is 12.8. The lowest BCUT2D eigenvalue weighted by Gasteiger charge is -2.25. The van der Waals surface area contributed by atoms with Gasteiger partial charge in [-0.1, -0.05) is 0 Å². The van der Waals surface area contributed by atoms with Crippen molar-refractivity contribution in [2.75, 3.05) is 25.0 Å². The van der Waals surface area contributed by atoms with Crippen LogP contribution in [-0.4, -0.2) is 40.5 Å². The second-order valence-corrected chi connectivity index (χ2v) is 4.64. The highest BCUT2D eigenvalue weighted by molar-refractivity contribution is 5.38. The fraction of sp³-hybridized carbons (Fsp3) is 0.727. The van der Waals surface area contributed by atoms with Crippen LogP contribution in [0.25, 0.3) is 0 Å². The Morgan fingerprint density at radius 2 is 2.11 bits per heavy atom. The lowest BCUT2D eigenvalue weighted by atomic mass is 10.2. The third-order valence-corrected chi connectivity index (χ3v) is 3.39. The van der Waals surface area contributed by atoms with Crippen LogP contribution in [0.3, 0.4) is 0 Å². The molecule has 1 aromatic heterocycles. The number of rotatable bonds is 3. The van der Waals surface area contributed by atoms with Gasteiger partial charge >= 0.3 is 5.69 Å². The van der Waals surface area contributed by atoms with Crippen LogP contribution in [0.1, 0.15) is 12.8 Å². The summed E-state index contributed by atoms with van der Waals surface area (Å²) < 4.78 is 2.32. The molecular weight excluding hydrogens is 234 g/mol. The maximum atomic E-state index is 12.1. The average molecular weight is 253 g/mol. The van der Waals surface area contributed by atoms with Gasteiger partial charge < -0.3 is 10.2 Å². The summed E-state index contributed by atoms with van der Waals surface area (Å²) in [4.78, 5) is 25.7. The van der Waals surface area contributed by atoms with E-state index >= 15 is 0 Å². The van der Waals surface area contributed by atoms with Crippen LogP contribution in [-0.2, 0) is 14.1 Å². The number of nitrogens with zero attached hydrogens (tertiary/aromatic N) is 4. The number of hydrogen-bond donors (Lipinski definition) is 1. The lowest BCUT2D eigenvalue weighted by molar-refractivity contribution is 0.565. The minimum absolute atomic E-state index is 0.271. The molecule has 0 spiro atoms. The normalized spacial score (nSPS) is 19.5. The van der Waals surface area contributed by atoms with Crippen molar-refractivity contribution in [3.05, 3.63) is 20.8 Å². The van der Waals surface area contributed by atoms with Crippen molar-refractivity contribution < 1.29 is 0 Å². The van der Waals surface area contributed by atoms with Gasteiger partial charge in [-0.05, 0) is 19.9 Å². The van der Waals surface area contributed by atoms with Crippen molar-refractivity contribution in [1.82, 2.24) is 19.7 Å². The Labute approximate surface area is 105 Å². The summed E-state index contributed by atoms with van der Waals surface area (Å²) in [6, 6.07) is 0.271. The first-order valence-electron chi connectivity index (χ1n) is 6.12. The smallest absolute Gasteiger partial charge is 0.346 e. The van der Waals surface area contributed by atoms with Crippen LogP contribution in [0, 0.1) is 0 Å². The summed E-state index contributed by atoms with van der Waals surface area (Å²) in [7, 11) is 4.94. The molecule has 0 radical (unpaired) electrons. The third kappa shape index (κ3) is 2.05. The highest BCUT2D eigenvalue weighted by Gasteiger charge is 2.28. The molecule has 0 bridgehead atoms. The Hall–Kier alpha value is -1.63. The van der Waals surface area contributed by atoms with Crippen molar-refractivity contribution in [3.63, 3.8) is 0 Å². The van der Waals surface area contributed by atoms with Crippen molar-refractivity contribution in [2.24, 2.45) is 14.1 Å². The first-order valence-corrected chi connectivity index (χ1v) is 6.12. The van der Waals surface area contributed by atoms with Crippen molar-refractivity contribution >= 4 is 5.82 Å². The minimum atomic E-state index is -0.395. The molecular formula is C11H19N5O2. The van der Waals surface area contributed by atoms with E-state index in [-0.39, 0.29) is 11.6 Å². The second kappa shape index (κ2) is 4.93. The molecule has 1 saturated heterocycles. The summed E-state index contributed by atoms with van der Waals surface area (Å²) in [6.07, 6.45) is 2.08. The van der Waals surface area contributed by atoms with Gasteiger partial charge in [-0.15, -0.1) is 5.10 Å². The molecule has 1 aliphatic rings. The molecule has 1 aliphatic heterocycles. The van der Waals surface area contributed by atoms with E-state index in [1.807, 2.05) is 11.9 Å². The summed E-state index contributed by atoms with van der Waals surface area (Å²) in [5.74, 6) is 0.373. The molecule has 1 fully saturated rings. The van der Waals surface area contributed by atoms with E-state index in [0.29, 0.717) is 5.82 Å². The quantitative estimate of drug-likeness (QED) is 0.722. The molecule has 0 aromatic carbocycles. The summed E-state index contributed by atoms with van der Waals surface area (Å²) >= 11 is 0. The van der Waals surface area contributed by atoms with E-state index in [1.165, 1.54) is 11.7 Å². The maximum Gasteiger partial charge on any atom is 0.346 e. The number of aromatic nitrogens is 3. The highest BCUT2D eigenvalue weighted by atomic mass is 16.2. The van der Waals surface area contributed by atoms with Crippen LogP contribution in [0.4, 0.5) is 5.82 Å². The number of nitrogens with one attached hydrogen (secondary N) is 1. The molecule has 1 aromatic rings. The zero-order valence-electron chi connectivity index (χ0n) is 11.0. The maximum absolute atomic E-state index is 12.1. The third-order valence-electron chi connectivity index (χ3n) is 3.39. The van der Waals surface area contributed by atoms with E-state index in [2.05, 4.69) is 10.4 Å². The number of anilines is 1. The molecule has 1 unspecified atom stereocenters. The number of aryl methyl sites for hydroxylation is 1. The van der Waals surface area contributed by atoms with Crippen LogP contribution >= 0.6 is 0 Å². The van der Waals surface area contributed by atoms with Gasteiger partial charge in [0.15, 0.2) is 0 Å². The zero-order chi connectivity index (χ0) is 13.3. The molecule has 0 amide bonds. The van der Waals surface area contributed by atoms with Crippen molar-refractivity contribution in [3.8, 4) is 0 Å². The highest BCUT2D eigenvalue weighted by Crippen LogP contribution is 2.19. The van der Waals surface area contributed by atoms with Crippen molar-refractivity contribution in [2.45, 2.75) is 18.9 Å². The van der Waals surface area contributed by atoms with Crippen molar-refractivity contribution in [1.29, 1.82) is 0 Å². The fourth-order valence-electron chi connectivity index (χ4n) is 2.42. The van der Waals surface area contributed by atoms with E-state index < -0.39 is 5.69 Å². The lowest BCUT2D eigenvalue weighted by Crippen LogP contribution is -2.46. The molecule has 1 N–H and O–H groups in total. The van der Waals surface area contributed by atoms with E-state index in [1.54, 1.807) is 7.05 Å². The van der Waals surface area contributed by atoms with Gasteiger partial charge in [0.05, 0.1) is 0 Å². The Morgan fingerprint density at radius 1 is 1.39 bits per heavy atom. The molecule has 0 saturated carbocycles. The SMILES string of the molecule is CNCC1CCCN1c1nn(C)c(=O)n(C)c1=O.